The topological polar surface area (TPSA) is 186 Å². The fourth-order valence-corrected chi connectivity index (χ4v) is 9.54. The van der Waals surface area contributed by atoms with E-state index < -0.39 is 66.1 Å². The molecule has 12 atom stereocenters. The molecule has 5 rings (SSSR count). The molecule has 1 aromatic heterocycles. The van der Waals surface area contributed by atoms with Gasteiger partial charge in [0.2, 0.25) is 0 Å². The third kappa shape index (κ3) is 12.7. The number of aryl methyl sites for hydroxylation is 1. The molecule has 3 saturated heterocycles. The van der Waals surface area contributed by atoms with Crippen molar-refractivity contribution in [1.82, 2.24) is 4.98 Å². The minimum atomic E-state index is -0.999. The van der Waals surface area contributed by atoms with Gasteiger partial charge >= 0.3 is 24.1 Å². The van der Waals surface area contributed by atoms with Crippen molar-refractivity contribution in [3.63, 3.8) is 0 Å². The van der Waals surface area contributed by atoms with Gasteiger partial charge in [-0.25, -0.2) is 14.6 Å². The zero-order chi connectivity index (χ0) is 42.1. The molecule has 0 saturated carbocycles. The second kappa shape index (κ2) is 20.6. The van der Waals surface area contributed by atoms with Crippen molar-refractivity contribution < 1.29 is 61.9 Å². The minimum Gasteiger partial charge on any atom is -0.481 e. The number of nitrogens with zero attached hydrogens (tertiary/aromatic N) is 1. The molecule has 0 amide bonds. The van der Waals surface area contributed by atoms with Gasteiger partial charge in [0.15, 0.2) is 12.0 Å². The number of hydrogen-bond acceptors (Lipinski definition) is 15. The molecule has 3 fully saturated rings. The van der Waals surface area contributed by atoms with Crippen molar-refractivity contribution in [2.45, 2.75) is 122 Å². The van der Waals surface area contributed by atoms with Crippen LogP contribution in [-0.4, -0.2) is 108 Å². The van der Waals surface area contributed by atoms with Gasteiger partial charge in [0.1, 0.15) is 48.6 Å². The van der Waals surface area contributed by atoms with Gasteiger partial charge in [0, 0.05) is 50.2 Å². The molecule has 1 N–H and O–H groups in total. The van der Waals surface area contributed by atoms with E-state index in [1.165, 1.54) is 21.6 Å². The number of methoxy groups -OCH3 is 1. The summed E-state index contributed by atoms with van der Waals surface area (Å²) in [4.78, 5) is 55.1. The van der Waals surface area contributed by atoms with Crippen LogP contribution in [0, 0.1) is 30.6 Å². The summed E-state index contributed by atoms with van der Waals surface area (Å²) in [6, 6.07) is 0. The Morgan fingerprint density at radius 3 is 2.57 bits per heavy atom. The number of esters is 2. The van der Waals surface area contributed by atoms with Crippen LogP contribution in [0.5, 0.6) is 0 Å². The highest BCUT2D eigenvalue weighted by Gasteiger charge is 2.60. The fourth-order valence-electron chi connectivity index (χ4n) is 7.37. The number of oxazole rings is 1. The molecule has 16 heteroatoms. The predicted octanol–water partition coefficient (Wildman–Crippen LogP) is 7.31. The van der Waals surface area contributed by atoms with Crippen molar-refractivity contribution in [2.24, 2.45) is 23.7 Å². The van der Waals surface area contributed by atoms with Crippen molar-refractivity contribution in [2.75, 3.05) is 25.2 Å². The summed E-state index contributed by atoms with van der Waals surface area (Å²) in [6.45, 7) is 13.1. The number of cyclic esters (lactones) is 1. The Labute approximate surface area is 348 Å². The van der Waals surface area contributed by atoms with Crippen molar-refractivity contribution in [1.29, 1.82) is 0 Å². The van der Waals surface area contributed by atoms with E-state index in [0.29, 0.717) is 30.2 Å². The zero-order valence-electron chi connectivity index (χ0n) is 34.5. The molecule has 0 aromatic carbocycles. The monoisotopic (exact) mass is 847 g/mol. The number of carbonyl (C=O) groups excluding carboxylic acids is 3. The summed E-state index contributed by atoms with van der Waals surface area (Å²) in [7, 11) is 4.39. The standard InChI is InChI=1S/C42H57NO13S2/c1-23(16-30-21-51-28(6)43-30)10-9-11-25(3)37(49-8)27(5)32-20-35(55-41(48)50-14-15-57-58-22-26(4)39(45)46)42(7)34(56-42)13-12-24(2)31-17-29(19-36(44)52-31)18-33-38(53-33)40(47)54-32/h9-13,16,21,24,26-27,29,31-35,37-38H,14-15,17-20,22H2,1-8H3,(H,45,46)/b10-9+,13-12+,23-16+,25-11+/t24-,26+,27+,29+,31?,32+,33+,34-,35+,37+,38-,42+/m1/s1. The zero-order valence-corrected chi connectivity index (χ0v) is 36.1. The van der Waals surface area contributed by atoms with E-state index in [2.05, 4.69) is 4.98 Å². The number of fused-ring (bicyclic) bond motifs is 4. The number of carboxylic acids is 1. The smallest absolute Gasteiger partial charge is 0.481 e. The van der Waals surface area contributed by atoms with E-state index in [1.807, 2.05) is 71.1 Å². The Morgan fingerprint density at radius 1 is 1.10 bits per heavy atom. The first-order valence-electron chi connectivity index (χ1n) is 19.8. The molecule has 58 heavy (non-hydrogen) atoms. The normalized spacial score (nSPS) is 32.5. The number of hydrogen-bond donors (Lipinski definition) is 1. The molecule has 2 bridgehead atoms. The second-order valence-corrected chi connectivity index (χ2v) is 18.5. The van der Waals surface area contributed by atoms with Crippen LogP contribution in [-0.2, 0) is 47.5 Å². The first-order chi connectivity index (χ1) is 27.6. The summed E-state index contributed by atoms with van der Waals surface area (Å²) in [6.07, 6.45) is 9.54. The number of carboxylic acid groups (broad SMARTS) is 1. The molecule has 1 unspecified atom stereocenters. The first kappa shape index (κ1) is 45.5. The van der Waals surface area contributed by atoms with Gasteiger partial charge in [0.05, 0.1) is 18.1 Å². The molecule has 0 radical (unpaired) electrons. The van der Waals surface area contributed by atoms with Gasteiger partial charge in [0.25, 0.3) is 0 Å². The molecule has 320 valence electrons. The van der Waals surface area contributed by atoms with Gasteiger partial charge < -0.3 is 42.7 Å². The summed E-state index contributed by atoms with van der Waals surface area (Å²) in [5, 5.41) is 9.12. The van der Waals surface area contributed by atoms with E-state index >= 15 is 0 Å². The molecule has 0 aliphatic carbocycles. The Morgan fingerprint density at radius 2 is 1.86 bits per heavy atom. The predicted molar refractivity (Wildman–Crippen MR) is 218 cm³/mol. The van der Waals surface area contributed by atoms with Crippen LogP contribution in [0.3, 0.4) is 0 Å². The summed E-state index contributed by atoms with van der Waals surface area (Å²) in [5.74, 6) is -1.30. The Hall–Kier alpha value is -3.57. The van der Waals surface area contributed by atoms with Crippen molar-refractivity contribution >= 4 is 51.7 Å². The molecule has 14 nitrogen and oxygen atoms in total. The van der Waals surface area contributed by atoms with Crippen molar-refractivity contribution in [3.8, 4) is 0 Å². The maximum Gasteiger partial charge on any atom is 0.508 e. The molecule has 5 heterocycles. The average molecular weight is 848 g/mol. The third-order valence-electron chi connectivity index (χ3n) is 11.0. The van der Waals surface area contributed by atoms with Gasteiger partial charge in [-0.05, 0) is 56.8 Å². The number of rotatable bonds is 15. The third-order valence-corrected chi connectivity index (χ3v) is 13.6. The summed E-state index contributed by atoms with van der Waals surface area (Å²) < 4.78 is 46.9. The molecule has 4 aliphatic heterocycles. The van der Waals surface area contributed by atoms with Gasteiger partial charge in [-0.1, -0.05) is 72.7 Å². The lowest BCUT2D eigenvalue weighted by Crippen LogP contribution is -2.43. The Balaban J connectivity index is 1.36. The minimum absolute atomic E-state index is 0.00122. The lowest BCUT2D eigenvalue weighted by Gasteiger charge is -2.33. The highest BCUT2D eigenvalue weighted by molar-refractivity contribution is 8.76. The fraction of sp³-hybridized carbons (Fsp3) is 0.643. The lowest BCUT2D eigenvalue weighted by molar-refractivity contribution is -0.159. The van der Waals surface area contributed by atoms with E-state index in [9.17, 15) is 19.2 Å². The highest BCUT2D eigenvalue weighted by atomic mass is 33.1. The number of allylic oxidation sites excluding steroid dienone is 4. The molecular formula is C42H57NO13S2. The molecule has 0 spiro atoms. The van der Waals surface area contributed by atoms with E-state index in [0.717, 1.165) is 16.8 Å². The quantitative estimate of drug-likeness (QED) is 0.0352. The van der Waals surface area contributed by atoms with E-state index in [1.54, 1.807) is 27.2 Å². The van der Waals surface area contributed by atoms with Crippen LogP contribution in [0.2, 0.25) is 0 Å². The van der Waals surface area contributed by atoms with Crippen LogP contribution in [0.1, 0.15) is 78.8 Å². The number of ether oxygens (including phenoxy) is 7. The van der Waals surface area contributed by atoms with E-state index in [4.69, 9.17) is 42.7 Å². The van der Waals surface area contributed by atoms with Crippen LogP contribution in [0.15, 0.2) is 52.2 Å². The largest absolute Gasteiger partial charge is 0.508 e. The van der Waals surface area contributed by atoms with Gasteiger partial charge in [-0.15, -0.1) is 0 Å². The second-order valence-electron chi connectivity index (χ2n) is 15.9. The SMILES string of the molecule is CO[C@@H](/C(C)=C/C=C/C(C)=C/c1coc(C)n1)[C@@H](C)[C@@H]1C[C@H](OC(=O)OCCSSC[C@H](C)C(=O)O)[C@@]2(C)O[C@@H]2/C=C/[C@@H](C)C2C[C@H](CC(=O)O2)C[C@@H]2O[C@H]2C(=O)O1. The van der Waals surface area contributed by atoms with Crippen LogP contribution >= 0.6 is 21.6 Å². The number of epoxide rings is 2. The number of carbonyl (C=O) groups is 4. The summed E-state index contributed by atoms with van der Waals surface area (Å²) >= 11 is 0. The van der Waals surface area contributed by atoms with Crippen LogP contribution < -0.4 is 0 Å². The molecule has 1 aromatic rings. The number of aromatic nitrogens is 1. The Bertz CT molecular complexity index is 1740. The lowest BCUT2D eigenvalue weighted by atomic mass is 9.84. The average Bonchev–Trinajstić information content (AvgIpc) is 4.04. The van der Waals surface area contributed by atoms with Crippen LogP contribution in [0.4, 0.5) is 4.79 Å². The Kier molecular flexibility index (Phi) is 16.2. The number of aliphatic carboxylic acids is 1. The van der Waals surface area contributed by atoms with Crippen LogP contribution in [0.25, 0.3) is 6.08 Å². The van der Waals surface area contributed by atoms with Gasteiger partial charge in [-0.2, -0.15) is 0 Å². The molecular weight excluding hydrogens is 791 g/mol. The molecule has 4 aliphatic rings. The first-order valence-corrected chi connectivity index (χ1v) is 22.3. The van der Waals surface area contributed by atoms with E-state index in [-0.39, 0.29) is 49.5 Å². The maximum absolute atomic E-state index is 13.8. The maximum atomic E-state index is 13.8. The van der Waals surface area contributed by atoms with Crippen molar-refractivity contribution in [3.05, 3.63) is 59.4 Å². The van der Waals surface area contributed by atoms with Gasteiger partial charge in [-0.3, -0.25) is 9.59 Å². The summed E-state index contributed by atoms with van der Waals surface area (Å²) in [5.41, 5.74) is 1.55. The highest BCUT2D eigenvalue weighted by Crippen LogP contribution is 2.46.